The molecule has 0 unspecified atom stereocenters. The topological polar surface area (TPSA) is 225 Å². The van der Waals surface area contributed by atoms with Gasteiger partial charge in [0, 0.05) is 51.2 Å². The third kappa shape index (κ3) is 28.6. The predicted molar refractivity (Wildman–Crippen MR) is 256 cm³/mol. The Balaban J connectivity index is 0.945. The highest BCUT2D eigenvalue weighted by molar-refractivity contribution is 7.85. The summed E-state index contributed by atoms with van der Waals surface area (Å²) in [5.41, 5.74) is 4.76. The lowest BCUT2D eigenvalue weighted by molar-refractivity contribution is -0.890. The average molecular weight is 984 g/mol. The van der Waals surface area contributed by atoms with Gasteiger partial charge < -0.3 is 63.1 Å². The molecule has 0 aromatic heterocycles. The molecule has 0 aliphatic heterocycles. The van der Waals surface area contributed by atoms with Crippen LogP contribution in [0.1, 0.15) is 62.0 Å². The van der Waals surface area contributed by atoms with Crippen LogP contribution >= 0.6 is 0 Å². The molecule has 0 spiro atoms. The molecule has 0 fully saturated rings. The largest absolute Gasteiger partial charge is 0.449 e. The number of hydrogen-bond acceptors (Lipinski definition) is 14. The van der Waals surface area contributed by atoms with Crippen molar-refractivity contribution < 1.29 is 74.5 Å². The summed E-state index contributed by atoms with van der Waals surface area (Å²) < 4.78 is 80.7. The van der Waals surface area contributed by atoms with Crippen LogP contribution in [0.25, 0.3) is 11.1 Å². The minimum atomic E-state index is -3.95. The number of amides is 3. The fourth-order valence-corrected chi connectivity index (χ4v) is 7.69. The highest BCUT2D eigenvalue weighted by Gasteiger charge is 2.29. The van der Waals surface area contributed by atoms with Gasteiger partial charge in [0.2, 0.25) is 11.8 Å². The molecule has 386 valence electrons. The molecule has 68 heavy (non-hydrogen) atoms. The number of fused-ring (bicyclic) bond motifs is 3. The van der Waals surface area contributed by atoms with E-state index in [-0.39, 0.29) is 29.9 Å². The van der Waals surface area contributed by atoms with Crippen molar-refractivity contribution in [2.45, 2.75) is 50.9 Å². The molecule has 2 aromatic carbocycles. The van der Waals surface area contributed by atoms with E-state index >= 15 is 0 Å². The second-order valence-electron chi connectivity index (χ2n) is 16.8. The normalized spacial score (nSPS) is 12.5. The zero-order chi connectivity index (χ0) is 49.0. The summed E-state index contributed by atoms with van der Waals surface area (Å²) in [6.45, 7) is 9.94. The summed E-state index contributed by atoms with van der Waals surface area (Å²) >= 11 is 0. The van der Waals surface area contributed by atoms with Crippen LogP contribution in [0, 0.1) is 0 Å². The first-order chi connectivity index (χ1) is 33.0. The van der Waals surface area contributed by atoms with E-state index < -0.39 is 16.2 Å². The van der Waals surface area contributed by atoms with Crippen LogP contribution in [0.4, 0.5) is 4.79 Å². The van der Waals surface area contributed by atoms with Crippen LogP contribution in [-0.2, 0) is 62.3 Å². The standard InChI is InChI=1S/C48H78N4O15S/c1-52(2,22-11-39-68(56,57)58)21-10-16-46(53)50-20-24-60-26-28-62-30-32-64-34-36-66-38-37-65-35-33-63-31-29-61-27-25-59-23-17-47(54)49-18-8-3-9-19-51-48(55)67-40-45-43-14-6-4-12-41(43)42-13-5-7-15-44(42)45/h4-7,12-15,45H,3,8-11,16-40H2,1-2H3,(H3-,49,50,51,53,54,55,56,57,58)/p+1. The Morgan fingerprint density at radius 1 is 0.515 bits per heavy atom. The number of carbonyl (C=O) groups is 3. The number of carbonyl (C=O) groups excluding carboxylic acids is 3. The Kier molecular flexibility index (Phi) is 31.1. The Morgan fingerprint density at radius 2 is 0.926 bits per heavy atom. The van der Waals surface area contributed by atoms with E-state index in [1.807, 2.05) is 38.4 Å². The number of rotatable bonds is 43. The molecule has 4 N–H and O–H groups in total. The molecule has 1 aliphatic carbocycles. The first kappa shape index (κ1) is 58.5. The van der Waals surface area contributed by atoms with Gasteiger partial charge in [0.05, 0.1) is 139 Å². The van der Waals surface area contributed by atoms with E-state index in [0.29, 0.717) is 162 Å². The van der Waals surface area contributed by atoms with Crippen LogP contribution in [0.3, 0.4) is 0 Å². The fourth-order valence-electron chi connectivity index (χ4n) is 7.19. The van der Waals surface area contributed by atoms with Crippen molar-refractivity contribution >= 4 is 28.0 Å². The van der Waals surface area contributed by atoms with Gasteiger partial charge in [0.15, 0.2) is 0 Å². The first-order valence-corrected chi connectivity index (χ1v) is 25.6. The Hall–Kier alpha value is -3.80. The Labute approximate surface area is 403 Å². The van der Waals surface area contributed by atoms with Gasteiger partial charge in [-0.2, -0.15) is 8.42 Å². The molecular formula is C48H79N4O15S+. The Morgan fingerprint density at radius 3 is 1.43 bits per heavy atom. The molecule has 1 aliphatic rings. The van der Waals surface area contributed by atoms with Crippen LogP contribution in [-0.4, -0.2) is 200 Å². The maximum absolute atomic E-state index is 12.3. The van der Waals surface area contributed by atoms with Gasteiger partial charge in [-0.1, -0.05) is 48.5 Å². The molecule has 0 bridgehead atoms. The number of hydrogen-bond donors (Lipinski definition) is 4. The maximum Gasteiger partial charge on any atom is 0.407 e. The SMILES string of the molecule is C[N+](C)(CCCC(=O)NCCOCCOCCOCCOCCOCCOCCOCCOCCC(=O)NCCCCCNC(=O)OCC1c2ccccc2-c2ccccc21)CCCS(=O)(=O)O. The summed E-state index contributed by atoms with van der Waals surface area (Å²) in [4.78, 5) is 36.5. The van der Waals surface area contributed by atoms with Crippen molar-refractivity contribution in [1.29, 1.82) is 0 Å². The van der Waals surface area contributed by atoms with E-state index in [2.05, 4.69) is 40.2 Å². The van der Waals surface area contributed by atoms with Gasteiger partial charge in [-0.15, -0.1) is 0 Å². The lowest BCUT2D eigenvalue weighted by Crippen LogP contribution is -2.42. The molecule has 0 heterocycles. The first-order valence-electron chi connectivity index (χ1n) is 24.0. The minimum Gasteiger partial charge on any atom is -0.449 e. The molecule has 19 nitrogen and oxygen atoms in total. The van der Waals surface area contributed by atoms with E-state index in [4.69, 9.17) is 47.2 Å². The predicted octanol–water partition coefficient (Wildman–Crippen LogP) is 3.59. The summed E-state index contributed by atoms with van der Waals surface area (Å²) in [5.74, 6) is -0.332. The van der Waals surface area contributed by atoms with Gasteiger partial charge in [0.25, 0.3) is 10.1 Å². The number of nitrogens with zero attached hydrogens (tertiary/aromatic N) is 1. The van der Waals surface area contributed by atoms with Gasteiger partial charge in [-0.05, 0) is 41.5 Å². The minimum absolute atomic E-state index is 0.0355. The van der Waals surface area contributed by atoms with Gasteiger partial charge >= 0.3 is 6.09 Å². The highest BCUT2D eigenvalue weighted by atomic mass is 32.2. The van der Waals surface area contributed by atoms with Crippen molar-refractivity contribution in [2.24, 2.45) is 0 Å². The van der Waals surface area contributed by atoms with Crippen LogP contribution in [0.5, 0.6) is 0 Å². The molecule has 0 atom stereocenters. The molecule has 20 heteroatoms. The van der Waals surface area contributed by atoms with Gasteiger partial charge in [-0.3, -0.25) is 14.1 Å². The van der Waals surface area contributed by atoms with E-state index in [9.17, 15) is 22.8 Å². The van der Waals surface area contributed by atoms with Crippen LogP contribution < -0.4 is 16.0 Å². The maximum atomic E-state index is 12.3. The number of unbranched alkanes of at least 4 members (excludes halogenated alkanes) is 2. The van der Waals surface area contributed by atoms with Crippen molar-refractivity contribution in [3.8, 4) is 11.1 Å². The third-order valence-corrected chi connectivity index (χ3v) is 11.6. The molecule has 2 aromatic rings. The highest BCUT2D eigenvalue weighted by Crippen LogP contribution is 2.44. The number of ether oxygens (including phenoxy) is 9. The second kappa shape index (κ2) is 36.2. The molecule has 0 saturated carbocycles. The van der Waals surface area contributed by atoms with Crippen molar-refractivity contribution in [3.05, 3.63) is 59.7 Å². The van der Waals surface area contributed by atoms with Crippen molar-refractivity contribution in [2.75, 3.05) is 165 Å². The summed E-state index contributed by atoms with van der Waals surface area (Å²) in [6.07, 6.45) is 3.77. The van der Waals surface area contributed by atoms with E-state index in [1.165, 1.54) is 22.3 Å². The lowest BCUT2D eigenvalue weighted by atomic mass is 9.98. The number of quaternary nitrogens is 1. The van der Waals surface area contributed by atoms with Crippen LogP contribution in [0.2, 0.25) is 0 Å². The molecule has 3 amide bonds. The fraction of sp³-hybridized carbons (Fsp3) is 0.688. The van der Waals surface area contributed by atoms with Gasteiger partial charge in [-0.25, -0.2) is 4.79 Å². The van der Waals surface area contributed by atoms with Crippen molar-refractivity contribution in [3.63, 3.8) is 0 Å². The average Bonchev–Trinajstić information content (AvgIpc) is 3.63. The van der Waals surface area contributed by atoms with Crippen LogP contribution in [0.15, 0.2) is 48.5 Å². The quantitative estimate of drug-likeness (QED) is 0.0424. The molecule has 3 rings (SSSR count). The second-order valence-corrected chi connectivity index (χ2v) is 18.4. The molecule has 0 saturated heterocycles. The monoisotopic (exact) mass is 984 g/mol. The third-order valence-electron chi connectivity index (χ3n) is 10.8. The molecular weight excluding hydrogens is 905 g/mol. The Bertz CT molecular complexity index is 1740. The van der Waals surface area contributed by atoms with E-state index in [1.54, 1.807) is 0 Å². The summed E-state index contributed by atoms with van der Waals surface area (Å²) in [6, 6.07) is 16.5. The molecule has 0 radical (unpaired) electrons. The number of nitrogens with one attached hydrogen (secondary N) is 3. The number of benzene rings is 2. The zero-order valence-electron chi connectivity index (χ0n) is 40.4. The zero-order valence-corrected chi connectivity index (χ0v) is 41.2. The summed E-state index contributed by atoms with van der Waals surface area (Å²) in [5, 5.41) is 8.57. The lowest BCUT2D eigenvalue weighted by Gasteiger charge is -2.29. The summed E-state index contributed by atoms with van der Waals surface area (Å²) in [7, 11) is -0.00668. The van der Waals surface area contributed by atoms with E-state index in [0.717, 1.165) is 25.8 Å². The smallest absolute Gasteiger partial charge is 0.407 e. The van der Waals surface area contributed by atoms with Gasteiger partial charge in [0.1, 0.15) is 6.61 Å². The van der Waals surface area contributed by atoms with Crippen molar-refractivity contribution in [1.82, 2.24) is 16.0 Å². The number of alkyl carbamates (subject to hydrolysis) is 1.